The van der Waals surface area contributed by atoms with Crippen LogP contribution in [0.1, 0.15) is 12.5 Å². The lowest BCUT2D eigenvalue weighted by Gasteiger charge is -2.04. The van der Waals surface area contributed by atoms with Crippen LogP contribution in [0.4, 0.5) is 5.69 Å². The second kappa shape index (κ2) is 5.46. The Kier molecular flexibility index (Phi) is 3.73. The van der Waals surface area contributed by atoms with Crippen molar-refractivity contribution in [2.75, 3.05) is 5.43 Å². The van der Waals surface area contributed by atoms with Gasteiger partial charge < -0.3 is 0 Å². The number of hydrogen-bond acceptors (Lipinski definition) is 3. The first kappa shape index (κ1) is 11.6. The van der Waals surface area contributed by atoms with E-state index in [1.807, 2.05) is 43.3 Å². The highest BCUT2D eigenvalue weighted by molar-refractivity contribution is 6.33. The number of hydrazone groups is 1. The average Bonchev–Trinajstić information content (AvgIpc) is 2.38. The Bertz CT molecular complexity index is 523. The maximum absolute atomic E-state index is 6.01. The van der Waals surface area contributed by atoms with Crippen LogP contribution in [0.2, 0.25) is 5.02 Å². The third-order valence-electron chi connectivity index (χ3n) is 2.32. The first-order valence-corrected chi connectivity index (χ1v) is 5.60. The summed E-state index contributed by atoms with van der Waals surface area (Å²) in [6.45, 7) is 1.93. The lowest BCUT2D eigenvalue weighted by Crippen LogP contribution is -1.99. The molecule has 1 heterocycles. The summed E-state index contributed by atoms with van der Waals surface area (Å²) in [7, 11) is 0. The Hall–Kier alpha value is -1.87. The summed E-state index contributed by atoms with van der Waals surface area (Å²) in [5.74, 6) is 0. The van der Waals surface area contributed by atoms with Crippen molar-refractivity contribution >= 4 is 23.0 Å². The number of para-hydroxylation sites is 1. The molecule has 2 aromatic rings. The molecular formula is C13H12ClN3. The Labute approximate surface area is 105 Å². The zero-order valence-electron chi connectivity index (χ0n) is 9.39. The van der Waals surface area contributed by atoms with E-state index in [1.54, 1.807) is 12.4 Å². The van der Waals surface area contributed by atoms with Crippen molar-refractivity contribution in [2.24, 2.45) is 5.10 Å². The maximum atomic E-state index is 6.01. The van der Waals surface area contributed by atoms with Gasteiger partial charge in [-0.3, -0.25) is 10.4 Å². The molecule has 3 nitrogen and oxygen atoms in total. The molecule has 0 aliphatic carbocycles. The van der Waals surface area contributed by atoms with Gasteiger partial charge in [-0.05, 0) is 31.2 Å². The summed E-state index contributed by atoms with van der Waals surface area (Å²) >= 11 is 6.01. The topological polar surface area (TPSA) is 37.3 Å². The largest absolute Gasteiger partial charge is 0.277 e. The SMILES string of the molecule is C/C(=N\Nc1ccccc1Cl)c1ccncc1. The van der Waals surface area contributed by atoms with E-state index in [4.69, 9.17) is 11.6 Å². The molecule has 0 saturated heterocycles. The fourth-order valence-electron chi connectivity index (χ4n) is 1.35. The molecule has 1 aromatic carbocycles. The summed E-state index contributed by atoms with van der Waals surface area (Å²) in [6.07, 6.45) is 3.48. The average molecular weight is 246 g/mol. The van der Waals surface area contributed by atoms with Crippen molar-refractivity contribution in [3.63, 3.8) is 0 Å². The van der Waals surface area contributed by atoms with Crippen molar-refractivity contribution in [1.29, 1.82) is 0 Å². The van der Waals surface area contributed by atoms with Gasteiger partial charge >= 0.3 is 0 Å². The van der Waals surface area contributed by atoms with E-state index in [1.165, 1.54) is 0 Å². The minimum atomic E-state index is 0.652. The quantitative estimate of drug-likeness (QED) is 0.663. The van der Waals surface area contributed by atoms with E-state index in [-0.39, 0.29) is 0 Å². The highest BCUT2D eigenvalue weighted by atomic mass is 35.5. The standard InChI is InChI=1S/C13H12ClN3/c1-10(11-6-8-15-9-7-11)16-17-13-5-3-2-4-12(13)14/h2-9,17H,1H3/b16-10+. The molecule has 0 atom stereocenters. The lowest BCUT2D eigenvalue weighted by molar-refractivity contribution is 1.29. The molecule has 0 unspecified atom stereocenters. The van der Waals surface area contributed by atoms with Gasteiger partial charge in [0.1, 0.15) is 0 Å². The fraction of sp³-hybridized carbons (Fsp3) is 0.0769. The van der Waals surface area contributed by atoms with E-state index >= 15 is 0 Å². The minimum Gasteiger partial charge on any atom is -0.277 e. The number of anilines is 1. The Morgan fingerprint density at radius 2 is 1.88 bits per heavy atom. The van der Waals surface area contributed by atoms with Gasteiger partial charge in [0.05, 0.1) is 16.4 Å². The van der Waals surface area contributed by atoms with Gasteiger partial charge in [0.15, 0.2) is 0 Å². The molecule has 0 aliphatic rings. The zero-order chi connectivity index (χ0) is 12.1. The van der Waals surface area contributed by atoms with Gasteiger partial charge in [0.25, 0.3) is 0 Å². The Balaban J connectivity index is 2.14. The normalized spacial score (nSPS) is 11.3. The van der Waals surface area contributed by atoms with Gasteiger partial charge in [-0.15, -0.1) is 0 Å². The Morgan fingerprint density at radius 3 is 2.59 bits per heavy atom. The summed E-state index contributed by atoms with van der Waals surface area (Å²) in [5.41, 5.74) is 5.65. The molecule has 0 radical (unpaired) electrons. The van der Waals surface area contributed by atoms with E-state index in [2.05, 4.69) is 15.5 Å². The highest BCUT2D eigenvalue weighted by Gasteiger charge is 1.98. The van der Waals surface area contributed by atoms with Gasteiger partial charge in [0, 0.05) is 18.0 Å². The molecule has 17 heavy (non-hydrogen) atoms. The van der Waals surface area contributed by atoms with Crippen LogP contribution in [0, 0.1) is 0 Å². The number of halogens is 1. The Morgan fingerprint density at radius 1 is 1.18 bits per heavy atom. The first-order chi connectivity index (χ1) is 8.27. The van der Waals surface area contributed by atoms with Gasteiger partial charge in [-0.1, -0.05) is 23.7 Å². The van der Waals surface area contributed by atoms with Crippen molar-refractivity contribution in [3.05, 3.63) is 59.4 Å². The monoisotopic (exact) mass is 245 g/mol. The van der Waals surface area contributed by atoms with Crippen molar-refractivity contribution in [3.8, 4) is 0 Å². The molecule has 4 heteroatoms. The predicted molar refractivity (Wildman–Crippen MR) is 71.5 cm³/mol. The molecule has 0 fully saturated rings. The van der Waals surface area contributed by atoms with Crippen LogP contribution >= 0.6 is 11.6 Å². The molecular weight excluding hydrogens is 234 g/mol. The van der Waals surface area contributed by atoms with E-state index in [0.717, 1.165) is 17.0 Å². The van der Waals surface area contributed by atoms with Gasteiger partial charge in [0.2, 0.25) is 0 Å². The third kappa shape index (κ3) is 3.04. The van der Waals surface area contributed by atoms with Crippen molar-refractivity contribution in [2.45, 2.75) is 6.92 Å². The van der Waals surface area contributed by atoms with Crippen molar-refractivity contribution < 1.29 is 0 Å². The molecule has 2 rings (SSSR count). The number of benzene rings is 1. The number of rotatable bonds is 3. The van der Waals surface area contributed by atoms with Gasteiger partial charge in [-0.25, -0.2) is 0 Å². The van der Waals surface area contributed by atoms with Crippen molar-refractivity contribution in [1.82, 2.24) is 4.98 Å². The van der Waals surface area contributed by atoms with Crippen LogP contribution in [0.15, 0.2) is 53.9 Å². The summed E-state index contributed by atoms with van der Waals surface area (Å²) in [4.78, 5) is 3.96. The minimum absolute atomic E-state index is 0.652. The van der Waals surface area contributed by atoms with Crippen LogP contribution < -0.4 is 5.43 Å². The first-order valence-electron chi connectivity index (χ1n) is 5.22. The van der Waals surface area contributed by atoms with Crippen LogP contribution in [0.5, 0.6) is 0 Å². The predicted octanol–water partition coefficient (Wildman–Crippen LogP) is 3.57. The number of pyridine rings is 1. The van der Waals surface area contributed by atoms with E-state index < -0.39 is 0 Å². The second-order valence-corrected chi connectivity index (χ2v) is 3.93. The maximum Gasteiger partial charge on any atom is 0.0748 e. The highest BCUT2D eigenvalue weighted by Crippen LogP contribution is 2.20. The smallest absolute Gasteiger partial charge is 0.0748 e. The van der Waals surface area contributed by atoms with E-state index in [9.17, 15) is 0 Å². The third-order valence-corrected chi connectivity index (χ3v) is 2.65. The van der Waals surface area contributed by atoms with E-state index in [0.29, 0.717) is 5.02 Å². The molecule has 1 aromatic heterocycles. The molecule has 1 N–H and O–H groups in total. The molecule has 0 bridgehead atoms. The summed E-state index contributed by atoms with van der Waals surface area (Å²) in [5, 5.41) is 4.93. The van der Waals surface area contributed by atoms with Crippen LogP contribution in [-0.2, 0) is 0 Å². The fourth-order valence-corrected chi connectivity index (χ4v) is 1.53. The van der Waals surface area contributed by atoms with Crippen LogP contribution in [0.25, 0.3) is 0 Å². The molecule has 86 valence electrons. The van der Waals surface area contributed by atoms with Crippen LogP contribution in [-0.4, -0.2) is 10.7 Å². The van der Waals surface area contributed by atoms with Crippen LogP contribution in [0.3, 0.4) is 0 Å². The number of hydrogen-bond donors (Lipinski definition) is 1. The van der Waals surface area contributed by atoms with Gasteiger partial charge in [-0.2, -0.15) is 5.10 Å². The molecule has 0 amide bonds. The number of nitrogens with one attached hydrogen (secondary N) is 1. The lowest BCUT2D eigenvalue weighted by atomic mass is 10.2. The molecule has 0 saturated carbocycles. The number of aromatic nitrogens is 1. The summed E-state index contributed by atoms with van der Waals surface area (Å²) < 4.78 is 0. The molecule has 0 aliphatic heterocycles. The summed E-state index contributed by atoms with van der Waals surface area (Å²) in [6, 6.07) is 11.3. The number of nitrogens with zero attached hydrogens (tertiary/aromatic N) is 2. The zero-order valence-corrected chi connectivity index (χ0v) is 10.1. The second-order valence-electron chi connectivity index (χ2n) is 3.52. The molecule has 0 spiro atoms.